The van der Waals surface area contributed by atoms with Gasteiger partial charge in [-0.05, 0) is 25.7 Å². The number of aryl methyl sites for hydroxylation is 1. The fourth-order valence-electron chi connectivity index (χ4n) is 1.07. The van der Waals surface area contributed by atoms with Gasteiger partial charge in [0.05, 0.1) is 11.1 Å². The molecule has 0 saturated carbocycles. The molecule has 0 bridgehead atoms. The number of rotatable bonds is 5. The van der Waals surface area contributed by atoms with Crippen LogP contribution in [0.3, 0.4) is 0 Å². The number of hydrogen-bond acceptors (Lipinski definition) is 3. The Morgan fingerprint density at radius 1 is 1.67 bits per heavy atom. The van der Waals surface area contributed by atoms with Gasteiger partial charge in [-0.3, -0.25) is 0 Å². The van der Waals surface area contributed by atoms with Crippen molar-refractivity contribution in [2.24, 2.45) is 0 Å². The lowest BCUT2D eigenvalue weighted by atomic mass is 10.1. The third-order valence-corrected chi connectivity index (χ3v) is 2.72. The Balaban J connectivity index is 2.11. The summed E-state index contributed by atoms with van der Waals surface area (Å²) in [7, 11) is 0. The zero-order valence-corrected chi connectivity index (χ0v) is 8.18. The number of hydrogen-bond donors (Lipinski definition) is 1. The second-order valence-electron chi connectivity index (χ2n) is 2.88. The molecule has 12 heavy (non-hydrogen) atoms. The summed E-state index contributed by atoms with van der Waals surface area (Å²) < 4.78 is 0. The fourth-order valence-corrected chi connectivity index (χ4v) is 1.73. The minimum Gasteiger partial charge on any atom is -0.393 e. The van der Waals surface area contributed by atoms with E-state index in [1.165, 1.54) is 5.01 Å². The van der Waals surface area contributed by atoms with Crippen LogP contribution in [0.4, 0.5) is 0 Å². The zero-order valence-electron chi connectivity index (χ0n) is 7.36. The molecule has 2 nitrogen and oxygen atoms in total. The van der Waals surface area contributed by atoms with Gasteiger partial charge in [-0.15, -0.1) is 11.3 Å². The minimum atomic E-state index is -0.120. The van der Waals surface area contributed by atoms with Crippen molar-refractivity contribution in [2.45, 2.75) is 38.7 Å². The predicted molar refractivity (Wildman–Crippen MR) is 51.3 cm³/mol. The lowest BCUT2D eigenvalue weighted by molar-refractivity contribution is 0.158. The van der Waals surface area contributed by atoms with Gasteiger partial charge < -0.3 is 5.11 Å². The Labute approximate surface area is 77.3 Å². The molecule has 0 saturated heterocycles. The van der Waals surface area contributed by atoms with Crippen LogP contribution in [0.5, 0.6) is 0 Å². The summed E-state index contributed by atoms with van der Waals surface area (Å²) in [6.45, 7) is 2.01. The van der Waals surface area contributed by atoms with Crippen molar-refractivity contribution in [3.63, 3.8) is 0 Å². The summed E-state index contributed by atoms with van der Waals surface area (Å²) in [4.78, 5) is 4.18. The van der Waals surface area contributed by atoms with E-state index in [4.69, 9.17) is 0 Å². The molecule has 1 unspecified atom stereocenters. The van der Waals surface area contributed by atoms with E-state index >= 15 is 0 Å². The molecule has 3 heteroatoms. The summed E-state index contributed by atoms with van der Waals surface area (Å²) >= 11 is 1.69. The van der Waals surface area contributed by atoms with Crippen LogP contribution in [-0.2, 0) is 6.42 Å². The Bertz CT molecular complexity index is 198. The van der Waals surface area contributed by atoms with Gasteiger partial charge in [-0.25, -0.2) is 4.98 Å². The maximum absolute atomic E-state index is 9.27. The summed E-state index contributed by atoms with van der Waals surface area (Å²) in [5.41, 5.74) is 0. The van der Waals surface area contributed by atoms with E-state index in [9.17, 15) is 5.11 Å². The average molecular weight is 185 g/mol. The molecule has 0 aliphatic carbocycles. The molecular formula is C9H15NOS. The monoisotopic (exact) mass is 185 g/mol. The first kappa shape index (κ1) is 9.68. The third-order valence-electron chi connectivity index (χ3n) is 1.88. The first-order valence-corrected chi connectivity index (χ1v) is 5.27. The first-order chi connectivity index (χ1) is 5.83. The van der Waals surface area contributed by atoms with Crippen molar-refractivity contribution >= 4 is 11.3 Å². The highest BCUT2D eigenvalue weighted by atomic mass is 32.1. The average Bonchev–Trinajstić information content (AvgIpc) is 2.57. The molecule has 1 rings (SSSR count). The summed E-state index contributed by atoms with van der Waals surface area (Å²) in [6.07, 6.45) is 5.52. The molecular weight excluding hydrogens is 170 g/mol. The van der Waals surface area contributed by atoms with Gasteiger partial charge in [0.2, 0.25) is 0 Å². The number of thiazole rings is 1. The van der Waals surface area contributed by atoms with Crippen LogP contribution in [0.1, 0.15) is 31.2 Å². The molecule has 0 radical (unpaired) electrons. The summed E-state index contributed by atoms with van der Waals surface area (Å²) in [6, 6.07) is 0. The fraction of sp³-hybridized carbons (Fsp3) is 0.667. The van der Waals surface area contributed by atoms with E-state index in [2.05, 4.69) is 4.98 Å². The first-order valence-electron chi connectivity index (χ1n) is 4.39. The molecule has 1 atom stereocenters. The number of nitrogens with zero attached hydrogens (tertiary/aromatic N) is 1. The van der Waals surface area contributed by atoms with E-state index in [1.54, 1.807) is 11.3 Å². The number of aromatic nitrogens is 1. The Morgan fingerprint density at radius 2 is 2.50 bits per heavy atom. The quantitative estimate of drug-likeness (QED) is 0.763. The maximum atomic E-state index is 9.27. The molecule has 1 heterocycles. The van der Waals surface area contributed by atoms with Gasteiger partial charge in [0.1, 0.15) is 0 Å². The van der Waals surface area contributed by atoms with Crippen molar-refractivity contribution < 1.29 is 5.11 Å². The molecule has 0 fully saturated rings. The summed E-state index contributed by atoms with van der Waals surface area (Å²) in [5.74, 6) is 0. The number of aliphatic hydroxyl groups excluding tert-OH is 1. The summed E-state index contributed by atoms with van der Waals surface area (Å²) in [5, 5.41) is 12.4. The van der Waals surface area contributed by atoms with Crippen molar-refractivity contribution in [3.05, 3.63) is 16.6 Å². The molecule has 0 amide bonds. The second kappa shape index (κ2) is 5.27. The van der Waals surface area contributed by atoms with Crippen molar-refractivity contribution in [2.75, 3.05) is 0 Å². The molecule has 0 aliphatic heterocycles. The van der Waals surface area contributed by atoms with Gasteiger partial charge in [-0.2, -0.15) is 0 Å². The van der Waals surface area contributed by atoms with E-state index in [0.717, 1.165) is 25.7 Å². The third kappa shape index (κ3) is 3.32. The van der Waals surface area contributed by atoms with Crippen molar-refractivity contribution in [3.8, 4) is 0 Å². The highest BCUT2D eigenvalue weighted by Gasteiger charge is 2.01. The van der Waals surface area contributed by atoms with Crippen LogP contribution in [0, 0.1) is 0 Å². The number of aliphatic hydroxyl groups is 1. The molecule has 1 aromatic rings. The standard InChI is InChI=1S/C9H15NOS/c1-2-8(11)4-3-5-9-10-6-7-12-9/h6-8,11H,2-5H2,1H3. The van der Waals surface area contributed by atoms with Crippen molar-refractivity contribution in [1.82, 2.24) is 4.98 Å². The smallest absolute Gasteiger partial charge is 0.0924 e. The maximum Gasteiger partial charge on any atom is 0.0924 e. The SMILES string of the molecule is CCC(O)CCCc1nccs1. The van der Waals surface area contributed by atoms with Gasteiger partial charge in [0, 0.05) is 11.6 Å². The Morgan fingerprint density at radius 3 is 3.08 bits per heavy atom. The zero-order chi connectivity index (χ0) is 8.81. The van der Waals surface area contributed by atoms with Gasteiger partial charge >= 0.3 is 0 Å². The molecule has 0 spiro atoms. The predicted octanol–water partition coefficient (Wildman–Crippen LogP) is 2.24. The van der Waals surface area contributed by atoms with E-state index in [0.29, 0.717) is 0 Å². The van der Waals surface area contributed by atoms with Crippen LogP contribution in [0.15, 0.2) is 11.6 Å². The second-order valence-corrected chi connectivity index (χ2v) is 3.86. The normalized spacial score (nSPS) is 13.2. The molecule has 68 valence electrons. The van der Waals surface area contributed by atoms with Crippen LogP contribution in [0.25, 0.3) is 0 Å². The van der Waals surface area contributed by atoms with Crippen LogP contribution < -0.4 is 0 Å². The van der Waals surface area contributed by atoms with Gasteiger partial charge in [-0.1, -0.05) is 6.92 Å². The molecule has 0 aromatic carbocycles. The van der Waals surface area contributed by atoms with Gasteiger partial charge in [0.25, 0.3) is 0 Å². The van der Waals surface area contributed by atoms with Crippen LogP contribution >= 0.6 is 11.3 Å². The highest BCUT2D eigenvalue weighted by Crippen LogP contribution is 2.10. The Hall–Kier alpha value is -0.410. The largest absolute Gasteiger partial charge is 0.393 e. The lowest BCUT2D eigenvalue weighted by Gasteiger charge is -2.04. The van der Waals surface area contributed by atoms with E-state index in [1.807, 2.05) is 18.5 Å². The van der Waals surface area contributed by atoms with Gasteiger partial charge in [0.15, 0.2) is 0 Å². The van der Waals surface area contributed by atoms with E-state index in [-0.39, 0.29) is 6.10 Å². The van der Waals surface area contributed by atoms with Crippen molar-refractivity contribution in [1.29, 1.82) is 0 Å². The van der Waals surface area contributed by atoms with Crippen LogP contribution in [-0.4, -0.2) is 16.2 Å². The highest BCUT2D eigenvalue weighted by molar-refractivity contribution is 7.09. The minimum absolute atomic E-state index is 0.120. The van der Waals surface area contributed by atoms with Crippen LogP contribution in [0.2, 0.25) is 0 Å². The molecule has 0 aliphatic rings. The Kier molecular flexibility index (Phi) is 4.25. The topological polar surface area (TPSA) is 33.1 Å². The molecule has 1 aromatic heterocycles. The van der Waals surface area contributed by atoms with E-state index < -0.39 is 0 Å². The molecule has 1 N–H and O–H groups in total. The lowest BCUT2D eigenvalue weighted by Crippen LogP contribution is -2.04.